The van der Waals surface area contributed by atoms with E-state index < -0.39 is 0 Å². The maximum absolute atomic E-state index is 4.89. The second kappa shape index (κ2) is 6.42. The Bertz CT molecular complexity index is 454. The molecule has 0 aliphatic heterocycles. The van der Waals surface area contributed by atoms with E-state index >= 15 is 0 Å². The number of nitrogens with one attached hydrogen (secondary N) is 1. The first-order chi connectivity index (χ1) is 9.62. The molecule has 0 amide bonds. The molecule has 1 saturated carbocycles. The first kappa shape index (κ1) is 15.1. The number of hydrogen-bond donors (Lipinski definition) is 1. The zero-order chi connectivity index (χ0) is 14.7. The van der Waals surface area contributed by atoms with Gasteiger partial charge in [0.15, 0.2) is 0 Å². The van der Waals surface area contributed by atoms with E-state index in [1.165, 1.54) is 18.4 Å². The van der Waals surface area contributed by atoms with Crippen LogP contribution >= 0.6 is 0 Å². The Kier molecular flexibility index (Phi) is 4.84. The Balaban J connectivity index is 2.43. The highest BCUT2D eigenvalue weighted by atomic mass is 15.2. The molecule has 1 atom stereocenters. The Morgan fingerprint density at radius 3 is 2.45 bits per heavy atom. The van der Waals surface area contributed by atoms with Gasteiger partial charge in [-0.05, 0) is 47.0 Å². The van der Waals surface area contributed by atoms with Gasteiger partial charge in [0, 0.05) is 30.6 Å². The van der Waals surface area contributed by atoms with Crippen LogP contribution in [0.25, 0.3) is 0 Å². The van der Waals surface area contributed by atoms with Crippen LogP contribution in [0.4, 0.5) is 11.6 Å². The molecule has 1 aliphatic carbocycles. The van der Waals surface area contributed by atoms with E-state index in [1.54, 1.807) is 0 Å². The Morgan fingerprint density at radius 1 is 1.25 bits per heavy atom. The van der Waals surface area contributed by atoms with E-state index in [9.17, 15) is 0 Å². The van der Waals surface area contributed by atoms with Crippen LogP contribution in [0.2, 0.25) is 0 Å². The lowest BCUT2D eigenvalue weighted by atomic mass is 10.2. The lowest BCUT2D eigenvalue weighted by Gasteiger charge is -2.30. The zero-order valence-electron chi connectivity index (χ0n) is 13.5. The fourth-order valence-corrected chi connectivity index (χ4v) is 2.56. The lowest BCUT2D eigenvalue weighted by molar-refractivity contribution is 0.618. The summed E-state index contributed by atoms with van der Waals surface area (Å²) in [4.78, 5) is 12.0. The molecule has 1 fully saturated rings. The minimum atomic E-state index is 0.509. The van der Waals surface area contributed by atoms with Crippen molar-refractivity contribution in [2.75, 3.05) is 23.3 Å². The summed E-state index contributed by atoms with van der Waals surface area (Å²) in [5, 5.41) is 3.40. The van der Waals surface area contributed by atoms with Gasteiger partial charge in [0.25, 0.3) is 0 Å². The summed E-state index contributed by atoms with van der Waals surface area (Å²) in [6, 6.07) is 0.509. The van der Waals surface area contributed by atoms with Gasteiger partial charge in [-0.25, -0.2) is 9.97 Å². The van der Waals surface area contributed by atoms with Gasteiger partial charge in [0.1, 0.15) is 17.5 Å². The monoisotopic (exact) mass is 276 g/mol. The third-order valence-corrected chi connectivity index (χ3v) is 4.16. The van der Waals surface area contributed by atoms with Gasteiger partial charge < -0.3 is 10.2 Å². The summed E-state index contributed by atoms with van der Waals surface area (Å²) in [5.74, 6) is 3.75. The van der Waals surface area contributed by atoms with Gasteiger partial charge in [-0.1, -0.05) is 6.92 Å². The molecule has 1 aromatic heterocycles. The van der Waals surface area contributed by atoms with E-state index in [2.05, 4.69) is 44.8 Å². The van der Waals surface area contributed by atoms with Crippen LogP contribution in [-0.4, -0.2) is 29.1 Å². The molecular weight excluding hydrogens is 248 g/mol. The van der Waals surface area contributed by atoms with Gasteiger partial charge in [-0.3, -0.25) is 0 Å². The molecule has 2 rings (SSSR count). The zero-order valence-corrected chi connectivity index (χ0v) is 13.5. The van der Waals surface area contributed by atoms with E-state index in [0.717, 1.165) is 37.0 Å². The van der Waals surface area contributed by atoms with Crippen LogP contribution in [0.3, 0.4) is 0 Å². The molecule has 4 nitrogen and oxygen atoms in total. The van der Waals surface area contributed by atoms with Crippen molar-refractivity contribution in [1.29, 1.82) is 0 Å². The second-order valence-electron chi connectivity index (χ2n) is 5.73. The average molecular weight is 276 g/mol. The quantitative estimate of drug-likeness (QED) is 0.824. The molecule has 1 aliphatic rings. The van der Waals surface area contributed by atoms with Crippen LogP contribution < -0.4 is 10.2 Å². The average Bonchev–Trinajstić information content (AvgIpc) is 3.27. The first-order valence-corrected chi connectivity index (χ1v) is 8.01. The van der Waals surface area contributed by atoms with Gasteiger partial charge in [-0.2, -0.15) is 0 Å². The fraction of sp³-hybridized carbons (Fsp3) is 0.750. The number of anilines is 2. The van der Waals surface area contributed by atoms with E-state index in [-0.39, 0.29) is 0 Å². The highest BCUT2D eigenvalue weighted by molar-refractivity contribution is 5.59. The van der Waals surface area contributed by atoms with Crippen LogP contribution in [-0.2, 0) is 0 Å². The molecule has 1 N–H and O–H groups in total. The smallest absolute Gasteiger partial charge is 0.137 e. The van der Waals surface area contributed by atoms with Gasteiger partial charge >= 0.3 is 0 Å². The maximum atomic E-state index is 4.89. The van der Waals surface area contributed by atoms with Crippen molar-refractivity contribution < 1.29 is 0 Å². The van der Waals surface area contributed by atoms with Gasteiger partial charge in [0.2, 0.25) is 0 Å². The minimum absolute atomic E-state index is 0.509. The lowest BCUT2D eigenvalue weighted by Crippen LogP contribution is -2.34. The SMILES string of the molecule is CCNc1nc(C2CC2)nc(N(CC)C(C)CC)c1C. The Labute approximate surface area is 123 Å². The Hall–Kier alpha value is -1.32. The molecule has 20 heavy (non-hydrogen) atoms. The molecule has 1 aromatic rings. The fourth-order valence-electron chi connectivity index (χ4n) is 2.56. The maximum Gasteiger partial charge on any atom is 0.137 e. The Morgan fingerprint density at radius 2 is 1.95 bits per heavy atom. The molecule has 0 aromatic carbocycles. The van der Waals surface area contributed by atoms with Crippen molar-refractivity contribution in [3.05, 3.63) is 11.4 Å². The van der Waals surface area contributed by atoms with E-state index in [0.29, 0.717) is 12.0 Å². The van der Waals surface area contributed by atoms with Crippen LogP contribution in [0, 0.1) is 6.92 Å². The molecule has 1 heterocycles. The largest absolute Gasteiger partial charge is 0.370 e. The second-order valence-corrected chi connectivity index (χ2v) is 5.73. The van der Waals surface area contributed by atoms with Crippen molar-refractivity contribution in [3.8, 4) is 0 Å². The van der Waals surface area contributed by atoms with Crippen molar-refractivity contribution in [2.45, 2.75) is 65.8 Å². The minimum Gasteiger partial charge on any atom is -0.370 e. The molecule has 112 valence electrons. The summed E-state index contributed by atoms with van der Waals surface area (Å²) < 4.78 is 0. The molecule has 0 spiro atoms. The number of aromatic nitrogens is 2. The van der Waals surface area contributed by atoms with Crippen molar-refractivity contribution in [1.82, 2.24) is 9.97 Å². The topological polar surface area (TPSA) is 41.1 Å². The van der Waals surface area contributed by atoms with Crippen LogP contribution in [0.15, 0.2) is 0 Å². The molecule has 0 radical (unpaired) electrons. The predicted molar refractivity (Wildman–Crippen MR) is 85.7 cm³/mol. The molecule has 0 bridgehead atoms. The van der Waals surface area contributed by atoms with E-state index in [1.807, 2.05) is 0 Å². The van der Waals surface area contributed by atoms with Gasteiger partial charge in [-0.15, -0.1) is 0 Å². The first-order valence-electron chi connectivity index (χ1n) is 8.01. The molecular formula is C16H28N4. The highest BCUT2D eigenvalue weighted by Crippen LogP contribution is 2.40. The normalized spacial score (nSPS) is 16.1. The number of nitrogens with zero attached hydrogens (tertiary/aromatic N) is 3. The summed E-state index contributed by atoms with van der Waals surface area (Å²) in [6.45, 7) is 12.8. The summed E-state index contributed by atoms with van der Waals surface area (Å²) in [7, 11) is 0. The highest BCUT2D eigenvalue weighted by Gasteiger charge is 2.29. The van der Waals surface area contributed by atoms with Crippen molar-refractivity contribution in [2.24, 2.45) is 0 Å². The third kappa shape index (κ3) is 3.05. The third-order valence-electron chi connectivity index (χ3n) is 4.16. The number of rotatable bonds is 7. The van der Waals surface area contributed by atoms with Crippen LogP contribution in [0.5, 0.6) is 0 Å². The molecule has 1 unspecified atom stereocenters. The molecule has 4 heteroatoms. The van der Waals surface area contributed by atoms with Crippen molar-refractivity contribution in [3.63, 3.8) is 0 Å². The predicted octanol–water partition coefficient (Wildman–Crippen LogP) is 3.72. The molecule has 0 saturated heterocycles. The summed E-state index contributed by atoms with van der Waals surface area (Å²) >= 11 is 0. The van der Waals surface area contributed by atoms with Crippen LogP contribution in [0.1, 0.15) is 64.3 Å². The summed E-state index contributed by atoms with van der Waals surface area (Å²) in [5.41, 5.74) is 1.18. The number of hydrogen-bond acceptors (Lipinski definition) is 4. The standard InChI is InChI=1S/C16H28N4/c1-6-11(4)20(8-3)16-12(5)14(17-7-2)18-15(19-16)13-9-10-13/h11,13H,6-10H2,1-5H3,(H,17,18,19). The van der Waals surface area contributed by atoms with E-state index in [4.69, 9.17) is 9.97 Å². The van der Waals surface area contributed by atoms with Crippen molar-refractivity contribution >= 4 is 11.6 Å². The van der Waals surface area contributed by atoms with Gasteiger partial charge in [0.05, 0.1) is 0 Å². The summed E-state index contributed by atoms with van der Waals surface area (Å²) in [6.07, 6.45) is 3.61.